The topological polar surface area (TPSA) is 99.4 Å². The van der Waals surface area contributed by atoms with Crippen LogP contribution in [0.5, 0.6) is 5.75 Å². The van der Waals surface area contributed by atoms with Crippen molar-refractivity contribution in [3.05, 3.63) is 29.8 Å². The number of hydrogen-bond acceptors (Lipinski definition) is 5. The Morgan fingerprint density at radius 2 is 1.62 bits per heavy atom. The fourth-order valence-electron chi connectivity index (χ4n) is 2.33. The van der Waals surface area contributed by atoms with Gasteiger partial charge in [-0.25, -0.2) is 0 Å². The summed E-state index contributed by atoms with van der Waals surface area (Å²) in [6, 6.07) is 6.80. The molecule has 0 aliphatic rings. The monoisotopic (exact) mass is 336 g/mol. The van der Waals surface area contributed by atoms with Gasteiger partial charge in [0.05, 0.1) is 6.42 Å². The van der Waals surface area contributed by atoms with Gasteiger partial charge >= 0.3 is 0 Å². The van der Waals surface area contributed by atoms with Crippen LogP contribution in [0, 0.1) is 0 Å². The summed E-state index contributed by atoms with van der Waals surface area (Å²) in [5.74, 6) is 0.184. The van der Waals surface area contributed by atoms with E-state index in [-0.39, 0.29) is 11.7 Å². The molecule has 0 atom stereocenters. The molecule has 24 heavy (non-hydrogen) atoms. The highest BCUT2D eigenvalue weighted by Gasteiger charge is 2.03. The second kappa shape index (κ2) is 13.8. The first kappa shape index (κ1) is 20.4. The Hall–Kier alpha value is -1.63. The summed E-state index contributed by atoms with van der Waals surface area (Å²) in [5, 5.41) is 19.0. The lowest BCUT2D eigenvalue weighted by atomic mass is 10.1. The molecule has 0 saturated heterocycles. The van der Waals surface area contributed by atoms with Gasteiger partial charge in [-0.15, -0.1) is 0 Å². The van der Waals surface area contributed by atoms with Crippen molar-refractivity contribution in [2.45, 2.75) is 32.1 Å². The van der Waals surface area contributed by atoms with Gasteiger partial charge in [-0.05, 0) is 76.1 Å². The zero-order valence-electron chi connectivity index (χ0n) is 14.5. The highest BCUT2D eigenvalue weighted by molar-refractivity contribution is 5.78. The Bertz CT molecular complexity index is 454. The molecule has 1 rings (SSSR count). The Morgan fingerprint density at radius 3 is 2.29 bits per heavy atom. The van der Waals surface area contributed by atoms with E-state index in [0.717, 1.165) is 64.0 Å². The molecule has 1 aromatic carbocycles. The second-order valence-electron chi connectivity index (χ2n) is 5.90. The van der Waals surface area contributed by atoms with E-state index < -0.39 is 0 Å². The van der Waals surface area contributed by atoms with Gasteiger partial charge < -0.3 is 26.8 Å². The van der Waals surface area contributed by atoms with Gasteiger partial charge in [-0.1, -0.05) is 12.1 Å². The lowest BCUT2D eigenvalue weighted by molar-refractivity contribution is -0.120. The molecule has 6 N–H and O–H groups in total. The smallest absolute Gasteiger partial charge is 0.224 e. The summed E-state index contributed by atoms with van der Waals surface area (Å²) in [7, 11) is 0. The molecule has 0 unspecified atom stereocenters. The van der Waals surface area contributed by atoms with Gasteiger partial charge in [0.1, 0.15) is 5.75 Å². The first-order valence-corrected chi connectivity index (χ1v) is 8.88. The number of nitrogens with two attached hydrogens (primary N) is 1. The van der Waals surface area contributed by atoms with Crippen LogP contribution in [0.15, 0.2) is 24.3 Å². The molecule has 6 heteroatoms. The first-order valence-electron chi connectivity index (χ1n) is 8.88. The van der Waals surface area contributed by atoms with Gasteiger partial charge in [-0.3, -0.25) is 4.79 Å². The van der Waals surface area contributed by atoms with Gasteiger partial charge in [0.25, 0.3) is 0 Å². The van der Waals surface area contributed by atoms with Crippen molar-refractivity contribution >= 4 is 5.91 Å². The number of aromatic hydroxyl groups is 1. The van der Waals surface area contributed by atoms with E-state index in [1.165, 1.54) is 0 Å². The number of carbonyl (C=O) groups excluding carboxylic acids is 1. The minimum Gasteiger partial charge on any atom is -0.508 e. The number of amides is 1. The SMILES string of the molecule is NCCCNCCCCNCCCNC(=O)Cc1cccc(O)c1. The molecule has 0 aliphatic carbocycles. The summed E-state index contributed by atoms with van der Waals surface area (Å²) in [5.41, 5.74) is 6.25. The lowest BCUT2D eigenvalue weighted by Crippen LogP contribution is -2.29. The van der Waals surface area contributed by atoms with E-state index in [2.05, 4.69) is 16.0 Å². The molecule has 0 heterocycles. The number of unbranched alkanes of at least 4 members (excludes halogenated alkanes) is 1. The summed E-state index contributed by atoms with van der Waals surface area (Å²) in [6.07, 6.45) is 4.58. The maximum atomic E-state index is 11.8. The van der Waals surface area contributed by atoms with Crippen LogP contribution < -0.4 is 21.7 Å². The van der Waals surface area contributed by atoms with Crippen molar-refractivity contribution in [3.8, 4) is 5.75 Å². The first-order chi connectivity index (χ1) is 11.7. The summed E-state index contributed by atoms with van der Waals surface area (Å²) in [4.78, 5) is 11.8. The van der Waals surface area contributed by atoms with Crippen LogP contribution in [0.25, 0.3) is 0 Å². The van der Waals surface area contributed by atoms with Crippen molar-refractivity contribution in [2.75, 3.05) is 39.3 Å². The molecule has 0 fully saturated rings. The molecule has 0 aliphatic heterocycles. The van der Waals surface area contributed by atoms with Crippen LogP contribution >= 0.6 is 0 Å². The van der Waals surface area contributed by atoms with Crippen molar-refractivity contribution in [2.24, 2.45) is 5.73 Å². The fraction of sp³-hybridized carbons (Fsp3) is 0.611. The van der Waals surface area contributed by atoms with E-state index >= 15 is 0 Å². The van der Waals surface area contributed by atoms with Crippen LogP contribution in [0.2, 0.25) is 0 Å². The number of phenols is 1. The molecule has 136 valence electrons. The minimum atomic E-state index is -0.0100. The summed E-state index contributed by atoms with van der Waals surface area (Å²) in [6.45, 7) is 5.39. The quantitative estimate of drug-likeness (QED) is 0.323. The van der Waals surface area contributed by atoms with Gasteiger partial charge in [0.15, 0.2) is 0 Å². The van der Waals surface area contributed by atoms with Crippen molar-refractivity contribution in [1.29, 1.82) is 0 Å². The number of phenolic OH excluding ortho intramolecular Hbond substituents is 1. The number of carbonyl (C=O) groups is 1. The summed E-state index contributed by atoms with van der Waals surface area (Å²) >= 11 is 0. The van der Waals surface area contributed by atoms with Gasteiger partial charge in [0.2, 0.25) is 5.91 Å². The van der Waals surface area contributed by atoms with E-state index in [4.69, 9.17) is 5.73 Å². The molecule has 0 spiro atoms. The average molecular weight is 336 g/mol. The molecule has 0 aromatic heterocycles. The maximum Gasteiger partial charge on any atom is 0.224 e. The fourth-order valence-corrected chi connectivity index (χ4v) is 2.33. The minimum absolute atomic E-state index is 0.0100. The molecular formula is C18H32N4O2. The van der Waals surface area contributed by atoms with Gasteiger partial charge in [0, 0.05) is 6.54 Å². The zero-order valence-corrected chi connectivity index (χ0v) is 14.5. The molecular weight excluding hydrogens is 304 g/mol. The second-order valence-corrected chi connectivity index (χ2v) is 5.90. The van der Waals surface area contributed by atoms with Crippen LogP contribution in [-0.2, 0) is 11.2 Å². The van der Waals surface area contributed by atoms with E-state index in [0.29, 0.717) is 13.0 Å². The third-order valence-corrected chi connectivity index (χ3v) is 3.64. The highest BCUT2D eigenvalue weighted by atomic mass is 16.3. The molecule has 6 nitrogen and oxygen atoms in total. The van der Waals surface area contributed by atoms with Crippen molar-refractivity contribution in [1.82, 2.24) is 16.0 Å². The Kier molecular flexibility index (Phi) is 11.7. The summed E-state index contributed by atoms with van der Waals surface area (Å²) < 4.78 is 0. The van der Waals surface area contributed by atoms with Crippen LogP contribution in [0.1, 0.15) is 31.2 Å². The van der Waals surface area contributed by atoms with Gasteiger partial charge in [-0.2, -0.15) is 0 Å². The zero-order chi connectivity index (χ0) is 17.5. The van der Waals surface area contributed by atoms with Crippen LogP contribution in [-0.4, -0.2) is 50.3 Å². The molecule has 1 aromatic rings. The Labute approximate surface area is 145 Å². The molecule has 1 amide bonds. The Morgan fingerprint density at radius 1 is 0.958 bits per heavy atom. The predicted octanol–water partition coefficient (Wildman–Crippen LogP) is 0.749. The predicted molar refractivity (Wildman–Crippen MR) is 98.1 cm³/mol. The number of nitrogens with one attached hydrogen (secondary N) is 3. The van der Waals surface area contributed by atoms with E-state index in [9.17, 15) is 9.90 Å². The third kappa shape index (κ3) is 11.0. The number of benzene rings is 1. The van der Waals surface area contributed by atoms with Crippen LogP contribution in [0.3, 0.4) is 0 Å². The normalized spacial score (nSPS) is 10.7. The van der Waals surface area contributed by atoms with E-state index in [1.54, 1.807) is 18.2 Å². The number of hydrogen-bond donors (Lipinski definition) is 5. The highest BCUT2D eigenvalue weighted by Crippen LogP contribution is 2.11. The van der Waals surface area contributed by atoms with Crippen molar-refractivity contribution in [3.63, 3.8) is 0 Å². The third-order valence-electron chi connectivity index (χ3n) is 3.64. The average Bonchev–Trinajstić information content (AvgIpc) is 2.56. The lowest BCUT2D eigenvalue weighted by Gasteiger charge is -2.07. The molecule has 0 bridgehead atoms. The maximum absolute atomic E-state index is 11.8. The molecule has 0 radical (unpaired) electrons. The van der Waals surface area contributed by atoms with Crippen molar-refractivity contribution < 1.29 is 9.90 Å². The largest absolute Gasteiger partial charge is 0.508 e. The standard InChI is InChI=1S/C18H32N4O2/c19-8-4-11-20-9-1-2-10-21-12-5-13-22-18(24)15-16-6-3-7-17(23)14-16/h3,6-7,14,20-21,23H,1-2,4-5,8-13,15,19H2,(H,22,24). The number of rotatable bonds is 14. The van der Waals surface area contributed by atoms with E-state index in [1.807, 2.05) is 6.07 Å². The van der Waals surface area contributed by atoms with Crippen LogP contribution in [0.4, 0.5) is 0 Å². The molecule has 0 saturated carbocycles. The Balaban J connectivity index is 1.88.